The van der Waals surface area contributed by atoms with Gasteiger partial charge in [0.05, 0.1) is 31.8 Å². The minimum atomic E-state index is -1.06. The van der Waals surface area contributed by atoms with Crippen molar-refractivity contribution in [3.63, 3.8) is 0 Å². The predicted molar refractivity (Wildman–Crippen MR) is 150 cm³/mol. The zero-order chi connectivity index (χ0) is 30.4. The molecule has 1 heterocycles. The van der Waals surface area contributed by atoms with E-state index < -0.39 is 54.4 Å². The lowest BCUT2D eigenvalue weighted by Crippen LogP contribution is -2.22. The van der Waals surface area contributed by atoms with E-state index in [0.717, 1.165) is 42.0 Å². The molecule has 3 aromatic carbocycles. The number of hydrogen-bond donors (Lipinski definition) is 3. The summed E-state index contributed by atoms with van der Waals surface area (Å²) in [5, 5.41) is 61.5. The average Bonchev–Trinajstić information content (AvgIpc) is 3.27. The lowest BCUT2D eigenvalue weighted by atomic mass is 10.1. The zero-order valence-corrected chi connectivity index (χ0v) is 20.9. The van der Waals surface area contributed by atoms with Gasteiger partial charge in [-0.1, -0.05) is 36.4 Å². The third-order valence-corrected chi connectivity index (χ3v) is 5.60. The number of ether oxygens (including phenoxy) is 1. The third kappa shape index (κ3) is 6.34. The molecule has 3 aromatic rings. The number of nitrogens with one attached hydrogen (secondary N) is 3. The predicted octanol–water partition coefficient (Wildman–Crippen LogP) is 4.64. The highest BCUT2D eigenvalue weighted by Gasteiger charge is 2.35. The first-order chi connectivity index (χ1) is 20.0. The normalized spacial score (nSPS) is 16.4. The molecule has 1 saturated heterocycles. The highest BCUT2D eigenvalue weighted by Crippen LogP contribution is 2.30. The summed E-state index contributed by atoms with van der Waals surface area (Å²) < 4.78 is 5.55. The Morgan fingerprint density at radius 3 is 1.76 bits per heavy atom. The molecule has 0 amide bonds. The van der Waals surface area contributed by atoms with Gasteiger partial charge in [0.1, 0.15) is 17.1 Å². The third-order valence-electron chi connectivity index (χ3n) is 5.60. The Balaban J connectivity index is 1.74. The molecule has 0 aliphatic carbocycles. The van der Waals surface area contributed by atoms with Gasteiger partial charge in [-0.05, 0) is 23.8 Å². The van der Waals surface area contributed by atoms with E-state index in [0.29, 0.717) is 0 Å². The zero-order valence-electron chi connectivity index (χ0n) is 20.9. The summed E-state index contributed by atoms with van der Waals surface area (Å²) in [6.07, 6.45) is 2.11. The molecule has 0 radical (unpaired) electrons. The van der Waals surface area contributed by atoms with E-state index in [2.05, 4.69) is 21.1 Å². The van der Waals surface area contributed by atoms with Crippen LogP contribution in [-0.4, -0.2) is 43.1 Å². The van der Waals surface area contributed by atoms with Crippen LogP contribution in [0, 0.1) is 45.9 Å². The molecule has 212 valence electrons. The Bertz CT molecular complexity index is 1700. The minimum Gasteiger partial charge on any atom is -0.462 e. The largest absolute Gasteiger partial charge is 0.462 e. The van der Waals surface area contributed by atoms with Crippen LogP contribution in [0.15, 0.2) is 83.0 Å². The van der Waals surface area contributed by atoms with Crippen LogP contribution in [0.5, 0.6) is 0 Å². The topological polar surface area (TPSA) is 254 Å². The van der Waals surface area contributed by atoms with Crippen LogP contribution in [0.25, 0.3) is 6.08 Å². The average molecular weight is 575 g/mol. The van der Waals surface area contributed by atoms with Crippen molar-refractivity contribution in [3.05, 3.63) is 119 Å². The molecular weight excluding hydrogens is 558 g/mol. The molecular formula is C24H17N9O9. The maximum absolute atomic E-state index is 11.5. The molecule has 18 nitrogen and oxygen atoms in total. The standard InChI is InChI=1S/C24H17N9O9/c25-24-23(29-27-18-10-8-16(31(36)37)13-20(18)33(40)41)22(21(42-24)11-6-14-4-2-1-3-5-14)28-26-17-9-7-15(30(34)35)12-19(17)32(38)39/h1-13,21,25-27H/b11-6+,25-24?,28-22-,29-23-. The second-order valence-corrected chi connectivity index (χ2v) is 8.25. The number of nitro benzene ring substituents is 4. The number of hydrazone groups is 2. The molecule has 1 aliphatic rings. The molecule has 0 saturated carbocycles. The van der Waals surface area contributed by atoms with Crippen molar-refractivity contribution < 1.29 is 24.4 Å². The van der Waals surface area contributed by atoms with Gasteiger partial charge in [-0.25, -0.2) is 0 Å². The first-order valence-corrected chi connectivity index (χ1v) is 11.6. The first kappa shape index (κ1) is 28.4. The van der Waals surface area contributed by atoms with E-state index in [4.69, 9.17) is 10.1 Å². The molecule has 4 rings (SSSR count). The molecule has 0 aromatic heterocycles. The fourth-order valence-corrected chi connectivity index (χ4v) is 3.60. The highest BCUT2D eigenvalue weighted by molar-refractivity contribution is 6.70. The van der Waals surface area contributed by atoms with Crippen molar-refractivity contribution in [1.29, 1.82) is 5.41 Å². The van der Waals surface area contributed by atoms with E-state index in [1.54, 1.807) is 36.4 Å². The molecule has 42 heavy (non-hydrogen) atoms. The summed E-state index contributed by atoms with van der Waals surface area (Å²) in [5.74, 6) is -0.520. The Hall–Kier alpha value is -6.59. The van der Waals surface area contributed by atoms with Crippen LogP contribution in [0.3, 0.4) is 0 Å². The fourth-order valence-electron chi connectivity index (χ4n) is 3.60. The van der Waals surface area contributed by atoms with Gasteiger partial charge in [0, 0.05) is 12.1 Å². The Kier molecular flexibility index (Phi) is 8.17. The van der Waals surface area contributed by atoms with Crippen LogP contribution in [0.1, 0.15) is 5.56 Å². The Morgan fingerprint density at radius 1 is 0.738 bits per heavy atom. The number of benzene rings is 3. The van der Waals surface area contributed by atoms with Crippen LogP contribution in [-0.2, 0) is 4.74 Å². The van der Waals surface area contributed by atoms with Crippen molar-refractivity contribution in [2.24, 2.45) is 10.2 Å². The summed E-state index contributed by atoms with van der Waals surface area (Å²) in [4.78, 5) is 41.8. The van der Waals surface area contributed by atoms with E-state index in [1.165, 1.54) is 6.08 Å². The number of hydrogen-bond acceptors (Lipinski definition) is 14. The van der Waals surface area contributed by atoms with Gasteiger partial charge in [0.25, 0.3) is 11.4 Å². The Morgan fingerprint density at radius 2 is 1.26 bits per heavy atom. The smallest absolute Gasteiger partial charge is 0.301 e. The second-order valence-electron chi connectivity index (χ2n) is 8.25. The molecule has 3 N–H and O–H groups in total. The second kappa shape index (κ2) is 12.1. The Labute approximate surface area is 233 Å². The summed E-state index contributed by atoms with van der Waals surface area (Å²) in [6, 6.07) is 14.6. The molecule has 18 heteroatoms. The van der Waals surface area contributed by atoms with Crippen molar-refractivity contribution in [2.75, 3.05) is 10.9 Å². The number of non-ortho nitro benzene ring substituents is 2. The minimum absolute atomic E-state index is 0.0862. The van der Waals surface area contributed by atoms with Gasteiger partial charge in [-0.2, -0.15) is 10.2 Å². The maximum Gasteiger partial charge on any atom is 0.301 e. The SMILES string of the molecule is N=C1OC(/C=C/c2ccccc2)C(=N/Nc2ccc([N+](=O)[O-])cc2[N+](=O)[O-])/C1=N/Nc1ccc([N+](=O)[O-])cc1[N+](=O)[O-]. The lowest BCUT2D eigenvalue weighted by Gasteiger charge is -2.07. The summed E-state index contributed by atoms with van der Waals surface area (Å²) in [7, 11) is 0. The quantitative estimate of drug-likeness (QED) is 0.221. The van der Waals surface area contributed by atoms with E-state index in [1.807, 2.05) is 0 Å². The van der Waals surface area contributed by atoms with Gasteiger partial charge < -0.3 is 4.74 Å². The molecule has 1 aliphatic heterocycles. The van der Waals surface area contributed by atoms with Crippen LogP contribution in [0.4, 0.5) is 34.1 Å². The summed E-state index contributed by atoms with van der Waals surface area (Å²) in [5.41, 5.74) is 2.41. The number of rotatable bonds is 10. The molecule has 1 fully saturated rings. The van der Waals surface area contributed by atoms with E-state index >= 15 is 0 Å². The first-order valence-electron chi connectivity index (χ1n) is 11.6. The van der Waals surface area contributed by atoms with Gasteiger partial charge in [0.15, 0.2) is 11.8 Å². The van der Waals surface area contributed by atoms with Crippen molar-refractivity contribution >= 4 is 57.5 Å². The van der Waals surface area contributed by atoms with Gasteiger partial charge in [-0.3, -0.25) is 56.7 Å². The van der Waals surface area contributed by atoms with Crippen molar-refractivity contribution in [2.45, 2.75) is 6.10 Å². The lowest BCUT2D eigenvalue weighted by molar-refractivity contribution is -0.393. The molecule has 0 bridgehead atoms. The van der Waals surface area contributed by atoms with Gasteiger partial charge in [-0.15, -0.1) is 0 Å². The van der Waals surface area contributed by atoms with Crippen LogP contribution in [0.2, 0.25) is 0 Å². The van der Waals surface area contributed by atoms with Crippen molar-refractivity contribution in [1.82, 2.24) is 0 Å². The fraction of sp³-hybridized carbons (Fsp3) is 0.0417. The van der Waals surface area contributed by atoms with Gasteiger partial charge in [0.2, 0.25) is 5.90 Å². The monoisotopic (exact) mass is 575 g/mol. The highest BCUT2D eigenvalue weighted by atomic mass is 16.6. The number of anilines is 2. The maximum atomic E-state index is 11.5. The summed E-state index contributed by atoms with van der Waals surface area (Å²) in [6.45, 7) is 0. The molecule has 1 atom stereocenters. The number of nitro groups is 4. The number of nitrogens with zero attached hydrogens (tertiary/aromatic N) is 6. The van der Waals surface area contributed by atoms with Crippen molar-refractivity contribution in [3.8, 4) is 0 Å². The van der Waals surface area contributed by atoms with Crippen LogP contribution < -0.4 is 10.9 Å². The summed E-state index contributed by atoms with van der Waals surface area (Å²) >= 11 is 0. The van der Waals surface area contributed by atoms with E-state index in [9.17, 15) is 40.5 Å². The van der Waals surface area contributed by atoms with Gasteiger partial charge >= 0.3 is 11.4 Å². The molecule has 0 spiro atoms. The van der Waals surface area contributed by atoms with E-state index in [-0.39, 0.29) is 22.8 Å². The molecule has 1 unspecified atom stereocenters. The van der Waals surface area contributed by atoms with Crippen LogP contribution >= 0.6 is 0 Å².